The first kappa shape index (κ1) is 12.9. The Hall–Kier alpha value is -0.590. The summed E-state index contributed by atoms with van der Waals surface area (Å²) >= 11 is 6.31. The third-order valence-electron chi connectivity index (χ3n) is 2.25. The van der Waals surface area contributed by atoms with Crippen LogP contribution in [-0.2, 0) is 4.79 Å². The van der Waals surface area contributed by atoms with Crippen LogP contribution < -0.4 is 0 Å². The fraction of sp³-hybridized carbons (Fsp3) is 0.273. The zero-order valence-corrected chi connectivity index (χ0v) is 12.4. The van der Waals surface area contributed by atoms with Crippen LogP contribution in [0.5, 0.6) is 0 Å². The number of aromatic nitrogens is 1. The lowest BCUT2D eigenvalue weighted by molar-refractivity contribution is -0.138. The monoisotopic (exact) mass is 331 g/mol. The van der Waals surface area contributed by atoms with Crippen molar-refractivity contribution in [3.05, 3.63) is 22.1 Å². The summed E-state index contributed by atoms with van der Waals surface area (Å²) in [5.74, 6) is -0.818. The molecule has 0 radical (unpaired) electrons. The van der Waals surface area contributed by atoms with Crippen LogP contribution in [0.4, 0.5) is 0 Å². The number of thiophene rings is 1. The molecule has 2 rings (SSSR count). The van der Waals surface area contributed by atoms with Crippen LogP contribution >= 0.6 is 39.0 Å². The van der Waals surface area contributed by atoms with Gasteiger partial charge in [-0.15, -0.1) is 23.1 Å². The van der Waals surface area contributed by atoms with E-state index >= 15 is 0 Å². The molecule has 0 bridgehead atoms. The molecule has 3 nitrogen and oxygen atoms in total. The second-order valence-electron chi connectivity index (χ2n) is 4.00. The van der Waals surface area contributed by atoms with Gasteiger partial charge in [0.1, 0.15) is 9.58 Å². The van der Waals surface area contributed by atoms with Crippen molar-refractivity contribution >= 4 is 55.2 Å². The normalized spacial score (nSPS) is 11.9. The van der Waals surface area contributed by atoms with Crippen molar-refractivity contribution in [3.8, 4) is 0 Å². The highest BCUT2D eigenvalue weighted by Gasteiger charge is 2.29. The minimum Gasteiger partial charge on any atom is -0.480 e. The van der Waals surface area contributed by atoms with Crippen molar-refractivity contribution in [1.29, 1.82) is 0 Å². The molecule has 0 unspecified atom stereocenters. The van der Waals surface area contributed by atoms with Crippen LogP contribution in [0.3, 0.4) is 0 Å². The maximum atomic E-state index is 11.1. The van der Waals surface area contributed by atoms with E-state index in [0.717, 1.165) is 18.9 Å². The molecule has 0 amide bonds. The van der Waals surface area contributed by atoms with Gasteiger partial charge in [-0.3, -0.25) is 4.79 Å². The van der Waals surface area contributed by atoms with E-state index in [1.165, 1.54) is 11.8 Å². The van der Waals surface area contributed by atoms with Crippen LogP contribution in [0.15, 0.2) is 27.0 Å². The molecule has 17 heavy (non-hydrogen) atoms. The van der Waals surface area contributed by atoms with Gasteiger partial charge in [0.25, 0.3) is 0 Å². The fourth-order valence-electron chi connectivity index (χ4n) is 1.29. The summed E-state index contributed by atoms with van der Waals surface area (Å²) in [4.78, 5) is 17.3. The topological polar surface area (TPSA) is 50.2 Å². The summed E-state index contributed by atoms with van der Waals surface area (Å²) in [6.45, 7) is 3.40. The number of hydrogen-bond donors (Lipinski definition) is 1. The van der Waals surface area contributed by atoms with Crippen LogP contribution in [-0.4, -0.2) is 20.8 Å². The summed E-state index contributed by atoms with van der Waals surface area (Å²) in [5.41, 5.74) is 0. The lowest BCUT2D eigenvalue weighted by Crippen LogP contribution is -2.26. The largest absolute Gasteiger partial charge is 0.480 e. The number of carboxylic acid groups (broad SMARTS) is 1. The Kier molecular flexibility index (Phi) is 3.47. The number of nitrogens with zero attached hydrogens (tertiary/aromatic N) is 1. The second kappa shape index (κ2) is 4.59. The Labute approximate surface area is 115 Å². The highest BCUT2D eigenvalue weighted by atomic mass is 79.9. The molecule has 2 aromatic rings. The Bertz CT molecular complexity index is 580. The van der Waals surface area contributed by atoms with Crippen LogP contribution in [0.1, 0.15) is 13.8 Å². The lowest BCUT2D eigenvalue weighted by atomic mass is 10.2. The standard InChI is InChI=1S/C11H10BrNO2S2/c1-11(2,10(14)15)17-7-3-4-13-9-6(7)5-8(12)16-9/h3-5H,1-2H3,(H,14,15). The van der Waals surface area contributed by atoms with Crippen molar-refractivity contribution in [2.45, 2.75) is 23.5 Å². The van der Waals surface area contributed by atoms with E-state index in [2.05, 4.69) is 20.9 Å². The van der Waals surface area contributed by atoms with Gasteiger partial charge in [0, 0.05) is 16.5 Å². The van der Waals surface area contributed by atoms with Crippen molar-refractivity contribution in [1.82, 2.24) is 4.98 Å². The van der Waals surface area contributed by atoms with Crippen LogP contribution in [0.25, 0.3) is 10.2 Å². The third-order valence-corrected chi connectivity index (χ3v) is 5.05. The fourth-order valence-corrected chi connectivity index (χ4v) is 3.83. The average Bonchev–Trinajstić information content (AvgIpc) is 2.59. The molecule has 0 saturated carbocycles. The summed E-state index contributed by atoms with van der Waals surface area (Å²) in [5, 5.41) is 10.1. The smallest absolute Gasteiger partial charge is 0.319 e. The van der Waals surface area contributed by atoms with Crippen molar-refractivity contribution in [3.63, 3.8) is 0 Å². The summed E-state index contributed by atoms with van der Waals surface area (Å²) in [7, 11) is 0. The number of rotatable bonds is 3. The van der Waals surface area contributed by atoms with E-state index in [1.54, 1.807) is 31.4 Å². The molecule has 0 aromatic carbocycles. The first-order valence-corrected chi connectivity index (χ1v) is 7.29. The van der Waals surface area contributed by atoms with Crippen LogP contribution in [0, 0.1) is 0 Å². The molecule has 0 fully saturated rings. The van der Waals surface area contributed by atoms with Gasteiger partial charge in [-0.2, -0.15) is 0 Å². The summed E-state index contributed by atoms with van der Waals surface area (Å²) in [6.07, 6.45) is 1.71. The van der Waals surface area contributed by atoms with Gasteiger partial charge in [-0.05, 0) is 41.9 Å². The Morgan fingerprint density at radius 3 is 2.94 bits per heavy atom. The Morgan fingerprint density at radius 1 is 1.59 bits per heavy atom. The van der Waals surface area contributed by atoms with Crippen molar-refractivity contribution in [2.24, 2.45) is 0 Å². The molecule has 0 spiro atoms. The third kappa shape index (κ3) is 2.64. The molecular formula is C11H10BrNO2S2. The van der Waals surface area contributed by atoms with Crippen molar-refractivity contribution < 1.29 is 9.90 Å². The molecule has 6 heteroatoms. The van der Waals surface area contributed by atoms with E-state index in [0.29, 0.717) is 0 Å². The first-order chi connectivity index (χ1) is 7.90. The number of carboxylic acids is 1. The zero-order valence-electron chi connectivity index (χ0n) is 9.23. The van der Waals surface area contributed by atoms with E-state index in [9.17, 15) is 4.79 Å². The molecule has 0 aliphatic rings. The van der Waals surface area contributed by atoms with Gasteiger partial charge in [0.15, 0.2) is 0 Å². The predicted molar refractivity (Wildman–Crippen MR) is 74.9 cm³/mol. The van der Waals surface area contributed by atoms with Gasteiger partial charge in [-0.25, -0.2) is 4.98 Å². The number of pyridine rings is 1. The number of thioether (sulfide) groups is 1. The maximum absolute atomic E-state index is 11.1. The average molecular weight is 332 g/mol. The number of hydrogen-bond acceptors (Lipinski definition) is 4. The van der Waals surface area contributed by atoms with Gasteiger partial charge >= 0.3 is 5.97 Å². The van der Waals surface area contributed by atoms with E-state index in [4.69, 9.17) is 5.11 Å². The minimum atomic E-state index is -0.845. The quantitative estimate of drug-likeness (QED) is 0.863. The van der Waals surface area contributed by atoms with Gasteiger partial charge in [0.05, 0.1) is 3.79 Å². The highest BCUT2D eigenvalue weighted by Crippen LogP contribution is 2.39. The lowest BCUT2D eigenvalue weighted by Gasteiger charge is -2.18. The Morgan fingerprint density at radius 2 is 2.29 bits per heavy atom. The molecule has 0 aliphatic carbocycles. The Balaban J connectivity index is 2.46. The predicted octanol–water partition coefficient (Wildman–Crippen LogP) is 4.01. The maximum Gasteiger partial charge on any atom is 0.319 e. The first-order valence-electron chi connectivity index (χ1n) is 4.86. The molecule has 0 saturated heterocycles. The van der Waals surface area contributed by atoms with E-state index in [1.807, 2.05) is 12.1 Å². The molecule has 2 heterocycles. The molecule has 0 aliphatic heterocycles. The van der Waals surface area contributed by atoms with Gasteiger partial charge in [0.2, 0.25) is 0 Å². The molecule has 2 aromatic heterocycles. The SMILES string of the molecule is CC(C)(Sc1ccnc2sc(Br)cc12)C(=O)O. The number of halogens is 1. The van der Waals surface area contributed by atoms with E-state index < -0.39 is 10.7 Å². The van der Waals surface area contributed by atoms with Crippen molar-refractivity contribution in [2.75, 3.05) is 0 Å². The summed E-state index contributed by atoms with van der Waals surface area (Å²) < 4.78 is 0.157. The van der Waals surface area contributed by atoms with Crippen LogP contribution in [0.2, 0.25) is 0 Å². The second-order valence-corrected chi connectivity index (χ2v) is 8.07. The van der Waals surface area contributed by atoms with Gasteiger partial charge in [-0.1, -0.05) is 0 Å². The number of carbonyl (C=O) groups is 1. The number of fused-ring (bicyclic) bond motifs is 1. The number of aliphatic carboxylic acids is 1. The van der Waals surface area contributed by atoms with E-state index in [-0.39, 0.29) is 0 Å². The highest BCUT2D eigenvalue weighted by molar-refractivity contribution is 9.11. The molecule has 1 N–H and O–H groups in total. The molecule has 0 atom stereocenters. The minimum absolute atomic E-state index is 0.818. The summed E-state index contributed by atoms with van der Waals surface area (Å²) in [6, 6.07) is 3.84. The molecular weight excluding hydrogens is 322 g/mol. The zero-order chi connectivity index (χ0) is 12.6. The van der Waals surface area contributed by atoms with Gasteiger partial charge < -0.3 is 5.11 Å². The molecule has 90 valence electrons.